The second-order valence-electron chi connectivity index (χ2n) is 19.5. The fraction of sp³-hybridized carbons (Fsp3) is 0.667. The summed E-state index contributed by atoms with van der Waals surface area (Å²) < 4.78 is 0. The molecule has 0 radical (unpaired) electrons. The number of hydrogen-bond acceptors (Lipinski definition) is 0. The van der Waals surface area contributed by atoms with Crippen molar-refractivity contribution in [1.82, 2.24) is 0 Å². The van der Waals surface area contributed by atoms with Crippen molar-refractivity contribution in [3.05, 3.63) is 110 Å². The average molecular weight is 933 g/mol. The van der Waals surface area contributed by atoms with Crippen LogP contribution in [-0.4, -0.2) is 0 Å². The number of rotatable bonds is 24. The second kappa shape index (κ2) is 27.4. The van der Waals surface area contributed by atoms with Crippen molar-refractivity contribution in [3.8, 4) is 0 Å². The molecule has 3 heteroatoms. The van der Waals surface area contributed by atoms with Crippen molar-refractivity contribution in [2.75, 3.05) is 0 Å². The van der Waals surface area contributed by atoms with E-state index in [0.29, 0.717) is 0 Å². The fourth-order valence-electron chi connectivity index (χ4n) is 12.3. The Bertz CT molecular complexity index is 1750. The van der Waals surface area contributed by atoms with E-state index in [-0.39, 0.29) is 17.1 Å². The summed E-state index contributed by atoms with van der Waals surface area (Å²) >= 11 is 0. The summed E-state index contributed by atoms with van der Waals surface area (Å²) in [7, 11) is 1.99. The van der Waals surface area contributed by atoms with Crippen LogP contribution in [0.4, 0.5) is 0 Å². The van der Waals surface area contributed by atoms with E-state index < -0.39 is 0 Å². The van der Waals surface area contributed by atoms with Gasteiger partial charge in [0.15, 0.2) is 0 Å². The van der Waals surface area contributed by atoms with Gasteiger partial charge in [-0.1, -0.05) is 160 Å². The van der Waals surface area contributed by atoms with Gasteiger partial charge in [0.05, 0.1) is 0 Å². The maximum Gasteiger partial charge on any atom is 0 e. The third kappa shape index (κ3) is 12.2. The first-order valence-corrected chi connectivity index (χ1v) is 29.1. The molecule has 0 saturated carbocycles. The van der Waals surface area contributed by atoms with Crippen LogP contribution < -0.4 is 0 Å². The Balaban J connectivity index is 0.000000272. The molecule has 4 aromatic rings. The molecule has 0 bridgehead atoms. The number of hydrogen-bond donors (Lipinski definition) is 0. The minimum absolute atomic E-state index is 0. The Morgan fingerprint density at radius 2 is 0.381 bits per heavy atom. The summed E-state index contributed by atoms with van der Waals surface area (Å²) in [5.41, 5.74) is 28.5. The van der Waals surface area contributed by atoms with Crippen LogP contribution in [0.15, 0.2) is 0 Å². The second-order valence-corrected chi connectivity index (χ2v) is 22.4. The Kier molecular flexibility index (Phi) is 23.5. The van der Waals surface area contributed by atoms with Gasteiger partial charge in [-0.3, -0.25) is 0 Å². The molecule has 0 atom stereocenters. The summed E-state index contributed by atoms with van der Waals surface area (Å²) in [6.07, 6.45) is 35.9. The maximum atomic E-state index is 2.38. The van der Waals surface area contributed by atoms with E-state index in [4.69, 9.17) is 0 Å². The van der Waals surface area contributed by atoms with E-state index in [2.05, 4.69) is 83.1 Å². The summed E-state index contributed by atoms with van der Waals surface area (Å²) in [6.45, 7) is 28.5. The molecule has 2 aliphatic carbocycles. The Morgan fingerprint density at radius 3 is 0.540 bits per heavy atom. The van der Waals surface area contributed by atoms with Crippen LogP contribution in [0.2, 0.25) is 0 Å². The van der Waals surface area contributed by atoms with Gasteiger partial charge >= 0.3 is 0 Å². The van der Waals surface area contributed by atoms with Crippen molar-refractivity contribution in [2.45, 2.75) is 263 Å². The molecule has 2 heterocycles. The van der Waals surface area contributed by atoms with Gasteiger partial charge in [-0.25, -0.2) is 0 Å². The molecule has 0 amide bonds. The minimum Gasteiger partial charge on any atom is -0.133 e. The Hall–Kier alpha value is -1.48. The molecule has 0 spiro atoms. The van der Waals surface area contributed by atoms with Gasteiger partial charge in [-0.05, 0) is 213 Å². The molecule has 0 unspecified atom stereocenters. The molecule has 2 aliphatic rings. The predicted molar refractivity (Wildman–Crippen MR) is 284 cm³/mol. The summed E-state index contributed by atoms with van der Waals surface area (Å²) in [5.74, 6) is 0. The number of aryl methyl sites for hydroxylation is 4. The molecule has 0 N–H and O–H groups in total. The molecule has 63 heavy (non-hydrogen) atoms. The quantitative estimate of drug-likeness (QED) is 0.0531. The number of benzene rings is 2. The van der Waals surface area contributed by atoms with Crippen LogP contribution in [0.1, 0.15) is 270 Å². The first-order valence-electron chi connectivity index (χ1n) is 27.1. The molecule has 0 saturated heterocycles. The summed E-state index contributed by atoms with van der Waals surface area (Å²) in [5, 5.41) is 7.28. The van der Waals surface area contributed by atoms with E-state index in [1.807, 2.05) is 21.2 Å². The zero-order valence-electron chi connectivity index (χ0n) is 43.2. The molecule has 6 rings (SSSR count). The van der Waals surface area contributed by atoms with Crippen molar-refractivity contribution < 1.29 is 17.1 Å². The van der Waals surface area contributed by atoms with Crippen LogP contribution >= 0.6 is 16.4 Å². The standard InChI is InChI=1S/2C30H47P.Fe/c2*1-7-13-21-22(14-8-2)24(16-10-4)26-20-28-27(19-25(26)23(21)15-9-3)29(17-11-5)31-30(28)18-12-6;/h2*31H,7-20H2,1-6H3;. The van der Waals surface area contributed by atoms with Gasteiger partial charge in [0.25, 0.3) is 0 Å². The predicted octanol–water partition coefficient (Wildman–Crippen LogP) is 17.9. The molecular weight excluding hydrogens is 838 g/mol. The minimum atomic E-state index is 0. The summed E-state index contributed by atoms with van der Waals surface area (Å²) in [6, 6.07) is 0. The normalized spacial score (nSPS) is 12.6. The zero-order chi connectivity index (χ0) is 44.8. The topological polar surface area (TPSA) is 0 Å². The molecule has 0 fully saturated rings. The van der Waals surface area contributed by atoms with Gasteiger partial charge in [-0.15, -0.1) is 16.4 Å². The van der Waals surface area contributed by atoms with Gasteiger partial charge in [-0.2, -0.15) is 0 Å². The van der Waals surface area contributed by atoms with Crippen molar-refractivity contribution in [2.24, 2.45) is 0 Å². The Labute approximate surface area is 404 Å². The third-order valence-electron chi connectivity index (χ3n) is 14.6. The third-order valence-corrected chi connectivity index (χ3v) is 18.0. The van der Waals surface area contributed by atoms with Gasteiger partial charge < -0.3 is 0 Å². The summed E-state index contributed by atoms with van der Waals surface area (Å²) in [4.78, 5) is 0. The molecule has 2 aromatic carbocycles. The first-order chi connectivity index (χ1) is 30.3. The molecule has 0 nitrogen and oxygen atoms in total. The first kappa shape index (κ1) is 54.1. The van der Waals surface area contributed by atoms with E-state index in [0.717, 1.165) is 16.4 Å². The van der Waals surface area contributed by atoms with Crippen molar-refractivity contribution >= 4 is 16.4 Å². The van der Waals surface area contributed by atoms with E-state index in [9.17, 15) is 0 Å². The molecule has 2 aromatic heterocycles. The average Bonchev–Trinajstić information content (AvgIpc) is 3.77. The van der Waals surface area contributed by atoms with Crippen LogP contribution in [0.25, 0.3) is 0 Å². The Morgan fingerprint density at radius 1 is 0.222 bits per heavy atom. The maximum absolute atomic E-state index is 2.38. The monoisotopic (exact) mass is 933 g/mol. The molecule has 0 aliphatic heterocycles. The zero-order valence-corrected chi connectivity index (χ0v) is 46.3. The van der Waals surface area contributed by atoms with Gasteiger partial charge in [0, 0.05) is 17.1 Å². The smallest absolute Gasteiger partial charge is 0 e. The van der Waals surface area contributed by atoms with Crippen LogP contribution in [-0.2, 0) is 120 Å². The number of fused-ring (bicyclic) bond motifs is 4. The fourth-order valence-corrected chi connectivity index (χ4v) is 16.1. The van der Waals surface area contributed by atoms with E-state index in [1.54, 1.807) is 89.0 Å². The van der Waals surface area contributed by atoms with Gasteiger partial charge in [0.2, 0.25) is 0 Å². The van der Waals surface area contributed by atoms with Crippen LogP contribution in [0.3, 0.4) is 0 Å². The van der Waals surface area contributed by atoms with E-state index >= 15 is 0 Å². The molecular formula is C60H94FeP2. The van der Waals surface area contributed by atoms with Crippen LogP contribution in [0.5, 0.6) is 0 Å². The van der Waals surface area contributed by atoms with E-state index in [1.165, 1.54) is 180 Å². The SMILES string of the molecule is CCCc1[pH]c(CCC)c2c1Cc1c(CCC)c(CCC)c(CCC)c(CCC)c1C2.CCCc1[pH]c(CCC)c2c1Cc1c(CCC)c(CCC)c(CCC)c(CCC)c1C2.[Fe]. The van der Waals surface area contributed by atoms with Crippen molar-refractivity contribution in [1.29, 1.82) is 0 Å². The van der Waals surface area contributed by atoms with Crippen molar-refractivity contribution in [3.63, 3.8) is 0 Å². The molecule has 352 valence electrons. The van der Waals surface area contributed by atoms with Crippen LogP contribution in [0, 0.1) is 0 Å². The largest absolute Gasteiger partial charge is 0.133 e. The van der Waals surface area contributed by atoms with Gasteiger partial charge in [0.1, 0.15) is 0 Å².